The molecule has 30 heavy (non-hydrogen) atoms. The van der Waals surface area contributed by atoms with E-state index in [1.54, 1.807) is 24.3 Å². The lowest BCUT2D eigenvalue weighted by Gasteiger charge is -2.18. The number of hydrogen-bond donors (Lipinski definition) is 2. The van der Waals surface area contributed by atoms with Crippen molar-refractivity contribution in [3.05, 3.63) is 101 Å². The molecule has 0 aliphatic carbocycles. The highest BCUT2D eigenvalue weighted by molar-refractivity contribution is 6.30. The molecule has 0 aliphatic rings. The standard InChI is InChI=1S/C24H23ClN2O3/c25-20-11-13-21(14-12-20)30-17-22(28)26-15-16-27-24(29)23(18-7-3-1-4-8-18)19-9-5-2-6-10-19/h1-14,23H,15-17H2,(H,26,28)(H,27,29). The monoisotopic (exact) mass is 422 g/mol. The van der Waals surface area contributed by atoms with Crippen LogP contribution in [0.25, 0.3) is 0 Å². The number of carbonyl (C=O) groups is 2. The summed E-state index contributed by atoms with van der Waals surface area (Å²) in [7, 11) is 0. The number of hydrogen-bond acceptors (Lipinski definition) is 3. The molecule has 154 valence electrons. The van der Waals surface area contributed by atoms with Crippen molar-refractivity contribution in [3.8, 4) is 5.75 Å². The summed E-state index contributed by atoms with van der Waals surface area (Å²) < 4.78 is 5.40. The molecule has 3 aromatic rings. The number of nitrogens with one attached hydrogen (secondary N) is 2. The third-order valence-electron chi connectivity index (χ3n) is 4.46. The van der Waals surface area contributed by atoms with Gasteiger partial charge in [0.25, 0.3) is 5.91 Å². The van der Waals surface area contributed by atoms with Crippen LogP contribution in [0.5, 0.6) is 5.75 Å². The molecule has 6 heteroatoms. The Hall–Kier alpha value is -3.31. The smallest absolute Gasteiger partial charge is 0.258 e. The van der Waals surface area contributed by atoms with Gasteiger partial charge in [0, 0.05) is 18.1 Å². The average molecular weight is 423 g/mol. The number of halogens is 1. The van der Waals surface area contributed by atoms with Gasteiger partial charge in [-0.1, -0.05) is 72.3 Å². The number of rotatable bonds is 9. The van der Waals surface area contributed by atoms with Gasteiger partial charge in [-0.2, -0.15) is 0 Å². The highest BCUT2D eigenvalue weighted by Crippen LogP contribution is 2.24. The van der Waals surface area contributed by atoms with Gasteiger partial charge >= 0.3 is 0 Å². The van der Waals surface area contributed by atoms with E-state index in [2.05, 4.69) is 10.6 Å². The van der Waals surface area contributed by atoms with Crippen LogP contribution in [0.3, 0.4) is 0 Å². The van der Waals surface area contributed by atoms with Gasteiger partial charge in [-0.3, -0.25) is 9.59 Å². The minimum atomic E-state index is -0.406. The lowest BCUT2D eigenvalue weighted by atomic mass is 9.90. The minimum Gasteiger partial charge on any atom is -0.484 e. The van der Waals surface area contributed by atoms with Crippen molar-refractivity contribution < 1.29 is 14.3 Å². The lowest BCUT2D eigenvalue weighted by molar-refractivity contribution is -0.124. The maximum Gasteiger partial charge on any atom is 0.258 e. The third kappa shape index (κ3) is 6.36. The lowest BCUT2D eigenvalue weighted by Crippen LogP contribution is -2.38. The average Bonchev–Trinajstić information content (AvgIpc) is 2.78. The zero-order valence-electron chi connectivity index (χ0n) is 16.4. The van der Waals surface area contributed by atoms with Crippen molar-refractivity contribution in [1.29, 1.82) is 0 Å². The van der Waals surface area contributed by atoms with Crippen molar-refractivity contribution in [2.24, 2.45) is 0 Å². The van der Waals surface area contributed by atoms with Gasteiger partial charge < -0.3 is 15.4 Å². The highest BCUT2D eigenvalue weighted by atomic mass is 35.5. The van der Waals surface area contributed by atoms with E-state index in [4.69, 9.17) is 16.3 Å². The van der Waals surface area contributed by atoms with Gasteiger partial charge in [-0.05, 0) is 35.4 Å². The Bertz CT molecular complexity index is 908. The van der Waals surface area contributed by atoms with Gasteiger partial charge in [0.2, 0.25) is 5.91 Å². The Morgan fingerprint density at radius 3 is 1.87 bits per heavy atom. The van der Waals surface area contributed by atoms with Gasteiger partial charge in [0.1, 0.15) is 5.75 Å². The van der Waals surface area contributed by atoms with Crippen LogP contribution in [0.1, 0.15) is 17.0 Å². The highest BCUT2D eigenvalue weighted by Gasteiger charge is 2.22. The van der Waals surface area contributed by atoms with E-state index < -0.39 is 5.92 Å². The van der Waals surface area contributed by atoms with E-state index in [0.717, 1.165) is 11.1 Å². The molecular formula is C24H23ClN2O3. The van der Waals surface area contributed by atoms with Crippen LogP contribution in [-0.2, 0) is 9.59 Å². The van der Waals surface area contributed by atoms with Crippen molar-refractivity contribution in [2.75, 3.05) is 19.7 Å². The minimum absolute atomic E-state index is 0.105. The van der Waals surface area contributed by atoms with E-state index in [9.17, 15) is 9.59 Å². The fourth-order valence-corrected chi connectivity index (χ4v) is 3.13. The van der Waals surface area contributed by atoms with Gasteiger partial charge in [0.05, 0.1) is 5.92 Å². The molecule has 0 saturated heterocycles. The maximum atomic E-state index is 12.9. The van der Waals surface area contributed by atoms with E-state index in [-0.39, 0.29) is 18.4 Å². The fourth-order valence-electron chi connectivity index (χ4n) is 3.01. The summed E-state index contributed by atoms with van der Waals surface area (Å²) in [4.78, 5) is 24.8. The molecule has 0 fully saturated rings. The summed E-state index contributed by atoms with van der Waals surface area (Å²) in [5, 5.41) is 6.24. The molecule has 0 spiro atoms. The molecule has 0 heterocycles. The first kappa shape index (κ1) is 21.4. The van der Waals surface area contributed by atoms with Gasteiger partial charge in [0.15, 0.2) is 6.61 Å². The Labute approximate surface area is 181 Å². The molecule has 3 rings (SSSR count). The summed E-state index contributed by atoms with van der Waals surface area (Å²) in [5.41, 5.74) is 1.84. The first-order valence-electron chi connectivity index (χ1n) is 9.66. The topological polar surface area (TPSA) is 67.4 Å². The number of ether oxygens (including phenoxy) is 1. The first-order valence-corrected chi connectivity index (χ1v) is 10.0. The molecule has 3 aromatic carbocycles. The van der Waals surface area contributed by atoms with E-state index in [0.29, 0.717) is 23.9 Å². The predicted molar refractivity (Wildman–Crippen MR) is 118 cm³/mol. The molecule has 0 saturated carbocycles. The Morgan fingerprint density at radius 1 is 0.767 bits per heavy atom. The van der Waals surface area contributed by atoms with Crippen LogP contribution in [0.4, 0.5) is 0 Å². The largest absolute Gasteiger partial charge is 0.484 e. The summed E-state index contributed by atoms with van der Waals surface area (Å²) >= 11 is 5.82. The normalized spacial score (nSPS) is 10.5. The summed E-state index contributed by atoms with van der Waals surface area (Å²) in [6.45, 7) is 0.527. The molecule has 0 atom stereocenters. The second kappa shape index (κ2) is 11.0. The molecule has 2 N–H and O–H groups in total. The van der Waals surface area contributed by atoms with Gasteiger partial charge in [-0.15, -0.1) is 0 Å². The molecule has 0 unspecified atom stereocenters. The first-order chi connectivity index (χ1) is 14.6. The number of benzene rings is 3. The van der Waals surface area contributed by atoms with E-state index >= 15 is 0 Å². The second-order valence-corrected chi connectivity index (χ2v) is 7.07. The fraction of sp³-hybridized carbons (Fsp3) is 0.167. The van der Waals surface area contributed by atoms with Crippen LogP contribution in [0, 0.1) is 0 Å². The predicted octanol–water partition coefficient (Wildman–Crippen LogP) is 3.78. The van der Waals surface area contributed by atoms with Gasteiger partial charge in [-0.25, -0.2) is 0 Å². The Balaban J connectivity index is 1.47. The molecule has 5 nitrogen and oxygen atoms in total. The molecule has 0 radical (unpaired) electrons. The zero-order chi connectivity index (χ0) is 21.2. The van der Waals surface area contributed by atoms with Crippen LogP contribution in [0.2, 0.25) is 5.02 Å². The molecule has 0 aromatic heterocycles. The third-order valence-corrected chi connectivity index (χ3v) is 4.71. The molecule has 2 amide bonds. The van der Waals surface area contributed by atoms with Crippen LogP contribution in [0.15, 0.2) is 84.9 Å². The SMILES string of the molecule is O=C(COc1ccc(Cl)cc1)NCCNC(=O)C(c1ccccc1)c1ccccc1. The molecule has 0 bridgehead atoms. The Morgan fingerprint density at radius 2 is 1.30 bits per heavy atom. The maximum absolute atomic E-state index is 12.9. The van der Waals surface area contributed by atoms with Crippen molar-refractivity contribution in [2.45, 2.75) is 5.92 Å². The van der Waals surface area contributed by atoms with Crippen molar-refractivity contribution >= 4 is 23.4 Å². The van der Waals surface area contributed by atoms with Crippen molar-refractivity contribution in [1.82, 2.24) is 10.6 Å². The summed E-state index contributed by atoms with van der Waals surface area (Å²) in [6.07, 6.45) is 0. The number of carbonyl (C=O) groups excluding carboxylic acids is 2. The second-order valence-electron chi connectivity index (χ2n) is 6.64. The van der Waals surface area contributed by atoms with E-state index in [1.165, 1.54) is 0 Å². The van der Waals surface area contributed by atoms with Crippen LogP contribution >= 0.6 is 11.6 Å². The number of amides is 2. The molecular weight excluding hydrogens is 400 g/mol. The zero-order valence-corrected chi connectivity index (χ0v) is 17.1. The summed E-state index contributed by atoms with van der Waals surface area (Å²) in [5.74, 6) is -0.214. The van der Waals surface area contributed by atoms with Crippen molar-refractivity contribution in [3.63, 3.8) is 0 Å². The van der Waals surface area contributed by atoms with E-state index in [1.807, 2.05) is 60.7 Å². The summed E-state index contributed by atoms with van der Waals surface area (Å²) in [6, 6.07) is 26.0. The van der Waals surface area contributed by atoms with Crippen LogP contribution in [-0.4, -0.2) is 31.5 Å². The van der Waals surface area contributed by atoms with Crippen LogP contribution < -0.4 is 15.4 Å². The quantitative estimate of drug-likeness (QED) is 0.515. The Kier molecular flexibility index (Phi) is 7.86. The molecule has 0 aliphatic heterocycles.